The van der Waals surface area contributed by atoms with Gasteiger partial charge in [0.05, 0.1) is 11.7 Å². The number of aromatic nitrogens is 1. The van der Waals surface area contributed by atoms with E-state index in [1.54, 1.807) is 0 Å². The molecule has 1 fully saturated rings. The predicted octanol–water partition coefficient (Wildman–Crippen LogP) is 4.87. The van der Waals surface area contributed by atoms with Crippen molar-refractivity contribution in [3.63, 3.8) is 0 Å². The van der Waals surface area contributed by atoms with Gasteiger partial charge in [-0.15, -0.1) is 11.3 Å². The summed E-state index contributed by atoms with van der Waals surface area (Å²) in [7, 11) is 0. The van der Waals surface area contributed by atoms with Crippen LogP contribution >= 0.6 is 11.3 Å². The third kappa shape index (κ3) is 3.38. The number of aryl methyl sites for hydroxylation is 1. The zero-order chi connectivity index (χ0) is 19.8. The molecule has 3 aromatic rings. The minimum atomic E-state index is 0.0556. The van der Waals surface area contributed by atoms with E-state index in [2.05, 4.69) is 11.1 Å². The summed E-state index contributed by atoms with van der Waals surface area (Å²) in [6.45, 7) is 3.82. The van der Waals surface area contributed by atoms with Crippen LogP contribution in [0.1, 0.15) is 39.8 Å². The van der Waals surface area contributed by atoms with Crippen molar-refractivity contribution in [1.29, 1.82) is 0 Å². The quantitative estimate of drug-likeness (QED) is 0.623. The standard InChI is InChI=1S/C23H22N2O3S/c1-15-21(29-22(24-15)16-6-3-2-4-7-16)23(26)25-11-5-8-18(25)17-9-10-19-20(14-17)28-13-12-27-19/h2-4,6-7,9-10,14,18H,5,8,11-13H2,1H3/t18-/m0/s1. The summed E-state index contributed by atoms with van der Waals surface area (Å²) in [6.07, 6.45) is 1.95. The molecule has 0 saturated carbocycles. The maximum absolute atomic E-state index is 13.4. The highest BCUT2D eigenvalue weighted by Gasteiger charge is 2.33. The number of hydrogen-bond acceptors (Lipinski definition) is 5. The van der Waals surface area contributed by atoms with Crippen LogP contribution in [0.15, 0.2) is 48.5 Å². The van der Waals surface area contributed by atoms with Crippen molar-refractivity contribution in [2.24, 2.45) is 0 Å². The fourth-order valence-corrected chi connectivity index (χ4v) is 5.08. The molecule has 0 radical (unpaired) electrons. The molecule has 148 valence electrons. The number of benzene rings is 2. The molecule has 1 atom stereocenters. The van der Waals surface area contributed by atoms with Crippen molar-refractivity contribution in [2.75, 3.05) is 19.8 Å². The normalized spacial score (nSPS) is 18.1. The highest BCUT2D eigenvalue weighted by Crippen LogP contribution is 2.39. The molecule has 5 nitrogen and oxygen atoms in total. The summed E-state index contributed by atoms with van der Waals surface area (Å²) in [4.78, 5) is 20.8. The van der Waals surface area contributed by atoms with Gasteiger partial charge in [-0.1, -0.05) is 36.4 Å². The number of likely N-dealkylation sites (tertiary alicyclic amines) is 1. The first-order valence-corrected chi connectivity index (χ1v) is 10.8. The molecule has 2 aliphatic rings. The van der Waals surface area contributed by atoms with Crippen LogP contribution in [0.4, 0.5) is 0 Å². The number of carbonyl (C=O) groups excluding carboxylic acids is 1. The van der Waals surface area contributed by atoms with E-state index in [1.807, 2.05) is 54.3 Å². The highest BCUT2D eigenvalue weighted by molar-refractivity contribution is 7.17. The van der Waals surface area contributed by atoms with Gasteiger partial charge in [0.15, 0.2) is 11.5 Å². The van der Waals surface area contributed by atoms with Gasteiger partial charge in [0, 0.05) is 12.1 Å². The smallest absolute Gasteiger partial charge is 0.266 e. The molecule has 3 heterocycles. The summed E-state index contributed by atoms with van der Waals surface area (Å²) >= 11 is 1.48. The van der Waals surface area contributed by atoms with Crippen LogP contribution < -0.4 is 9.47 Å². The van der Waals surface area contributed by atoms with Crippen LogP contribution in [0.3, 0.4) is 0 Å². The van der Waals surface area contributed by atoms with Crippen LogP contribution in [0, 0.1) is 6.92 Å². The highest BCUT2D eigenvalue weighted by atomic mass is 32.1. The summed E-state index contributed by atoms with van der Waals surface area (Å²) < 4.78 is 11.4. The molecular weight excluding hydrogens is 384 g/mol. The molecule has 0 aliphatic carbocycles. The summed E-state index contributed by atoms with van der Waals surface area (Å²) in [5.74, 6) is 1.62. The number of thiazole rings is 1. The average Bonchev–Trinajstić information content (AvgIpc) is 3.41. The maximum Gasteiger partial charge on any atom is 0.266 e. The van der Waals surface area contributed by atoms with Gasteiger partial charge in [-0.3, -0.25) is 4.79 Å². The molecule has 5 rings (SSSR count). The van der Waals surface area contributed by atoms with Gasteiger partial charge in [0.25, 0.3) is 5.91 Å². The molecule has 0 unspecified atom stereocenters. The van der Waals surface area contributed by atoms with E-state index in [9.17, 15) is 4.79 Å². The monoisotopic (exact) mass is 406 g/mol. The SMILES string of the molecule is Cc1nc(-c2ccccc2)sc1C(=O)N1CCC[C@H]1c1ccc2c(c1)OCCO2. The molecule has 0 spiro atoms. The number of amides is 1. The van der Waals surface area contributed by atoms with Gasteiger partial charge in [-0.2, -0.15) is 0 Å². The third-order valence-corrected chi connectivity index (χ3v) is 6.67. The zero-order valence-corrected chi connectivity index (χ0v) is 17.1. The van der Waals surface area contributed by atoms with Gasteiger partial charge in [0.2, 0.25) is 0 Å². The van der Waals surface area contributed by atoms with Gasteiger partial charge in [0.1, 0.15) is 23.1 Å². The molecule has 0 N–H and O–H groups in total. The Labute approximate surface area is 173 Å². The molecule has 29 heavy (non-hydrogen) atoms. The number of ether oxygens (including phenoxy) is 2. The van der Waals surface area contributed by atoms with Crippen LogP contribution in [-0.4, -0.2) is 35.5 Å². The first kappa shape index (κ1) is 18.2. The third-order valence-electron chi connectivity index (χ3n) is 5.48. The first-order valence-electron chi connectivity index (χ1n) is 9.94. The Balaban J connectivity index is 1.43. The number of rotatable bonds is 3. The number of carbonyl (C=O) groups is 1. The van der Waals surface area contributed by atoms with Crippen molar-refractivity contribution in [3.8, 4) is 22.1 Å². The molecule has 6 heteroatoms. The van der Waals surface area contributed by atoms with Crippen molar-refractivity contribution >= 4 is 17.2 Å². The van der Waals surface area contributed by atoms with E-state index in [4.69, 9.17) is 9.47 Å². The van der Waals surface area contributed by atoms with E-state index in [-0.39, 0.29) is 11.9 Å². The van der Waals surface area contributed by atoms with Crippen LogP contribution in [0.2, 0.25) is 0 Å². The predicted molar refractivity (Wildman–Crippen MR) is 113 cm³/mol. The number of nitrogens with zero attached hydrogens (tertiary/aromatic N) is 2. The molecule has 1 amide bonds. The molecular formula is C23H22N2O3S. The van der Waals surface area contributed by atoms with E-state index >= 15 is 0 Å². The van der Waals surface area contributed by atoms with E-state index in [1.165, 1.54) is 11.3 Å². The lowest BCUT2D eigenvalue weighted by Gasteiger charge is -2.26. The Morgan fingerprint density at radius 3 is 2.72 bits per heavy atom. The van der Waals surface area contributed by atoms with E-state index in [0.29, 0.717) is 13.2 Å². The second-order valence-corrected chi connectivity index (χ2v) is 8.36. The summed E-state index contributed by atoms with van der Waals surface area (Å²) in [5, 5.41) is 0.890. The summed E-state index contributed by atoms with van der Waals surface area (Å²) in [6, 6.07) is 16.1. The minimum Gasteiger partial charge on any atom is -0.486 e. The fourth-order valence-electron chi connectivity index (χ4n) is 4.05. The first-order chi connectivity index (χ1) is 14.2. The van der Waals surface area contributed by atoms with Gasteiger partial charge in [-0.25, -0.2) is 4.98 Å². The number of fused-ring (bicyclic) bond motifs is 1. The average molecular weight is 407 g/mol. The molecule has 1 aromatic heterocycles. The Morgan fingerprint density at radius 1 is 1.10 bits per heavy atom. The summed E-state index contributed by atoms with van der Waals surface area (Å²) in [5.41, 5.74) is 2.95. The Bertz CT molecular complexity index is 1050. The zero-order valence-electron chi connectivity index (χ0n) is 16.3. The number of hydrogen-bond donors (Lipinski definition) is 0. The lowest BCUT2D eigenvalue weighted by Crippen LogP contribution is -2.30. The van der Waals surface area contributed by atoms with E-state index < -0.39 is 0 Å². The van der Waals surface area contributed by atoms with Crippen LogP contribution in [0.5, 0.6) is 11.5 Å². The molecule has 2 aromatic carbocycles. The molecule has 1 saturated heterocycles. The van der Waals surface area contributed by atoms with Crippen LogP contribution in [0.25, 0.3) is 10.6 Å². The second-order valence-electron chi connectivity index (χ2n) is 7.36. The van der Waals surface area contributed by atoms with Gasteiger partial charge in [-0.05, 0) is 37.5 Å². The Hall–Kier alpha value is -2.86. The Morgan fingerprint density at radius 2 is 1.90 bits per heavy atom. The van der Waals surface area contributed by atoms with E-state index in [0.717, 1.165) is 57.6 Å². The molecule has 2 aliphatic heterocycles. The van der Waals surface area contributed by atoms with Crippen molar-refractivity contribution in [3.05, 3.63) is 64.7 Å². The van der Waals surface area contributed by atoms with Crippen molar-refractivity contribution in [1.82, 2.24) is 9.88 Å². The van der Waals surface area contributed by atoms with Crippen molar-refractivity contribution < 1.29 is 14.3 Å². The Kier molecular flexibility index (Phi) is 4.72. The van der Waals surface area contributed by atoms with Gasteiger partial charge >= 0.3 is 0 Å². The fraction of sp³-hybridized carbons (Fsp3) is 0.304. The largest absolute Gasteiger partial charge is 0.486 e. The second kappa shape index (κ2) is 7.52. The lowest BCUT2D eigenvalue weighted by atomic mass is 10.0. The van der Waals surface area contributed by atoms with Gasteiger partial charge < -0.3 is 14.4 Å². The lowest BCUT2D eigenvalue weighted by molar-refractivity contribution is 0.0739. The maximum atomic E-state index is 13.4. The van der Waals surface area contributed by atoms with Crippen molar-refractivity contribution in [2.45, 2.75) is 25.8 Å². The minimum absolute atomic E-state index is 0.0556. The van der Waals surface area contributed by atoms with Crippen LogP contribution in [-0.2, 0) is 0 Å². The molecule has 0 bridgehead atoms. The topological polar surface area (TPSA) is 51.7 Å².